The first-order valence-electron chi connectivity index (χ1n) is 8.35. The van der Waals surface area contributed by atoms with Gasteiger partial charge in [0.25, 0.3) is 0 Å². The maximum atomic E-state index is 12.3. The number of hydrogen-bond donors (Lipinski definition) is 1. The first-order chi connectivity index (χ1) is 12.8. The van der Waals surface area contributed by atoms with Crippen molar-refractivity contribution in [2.75, 3.05) is 5.32 Å². The lowest BCUT2D eigenvalue weighted by molar-refractivity contribution is -0.115. The molecular weight excluding hydrogens is 350 g/mol. The first-order valence-corrected chi connectivity index (χ1v) is 9.23. The molecule has 0 bridgehead atoms. The number of benzene rings is 1. The summed E-state index contributed by atoms with van der Waals surface area (Å²) in [5.74, 6) is 0.676. The highest BCUT2D eigenvalue weighted by molar-refractivity contribution is 7.15. The van der Waals surface area contributed by atoms with E-state index in [1.165, 1.54) is 0 Å². The maximum absolute atomic E-state index is 12.3. The van der Waals surface area contributed by atoms with Gasteiger partial charge in [0.1, 0.15) is 0 Å². The van der Waals surface area contributed by atoms with Crippen molar-refractivity contribution < 1.29 is 4.79 Å². The van der Waals surface area contributed by atoms with Gasteiger partial charge in [-0.05, 0) is 47.5 Å². The van der Waals surface area contributed by atoms with Crippen molar-refractivity contribution in [3.63, 3.8) is 0 Å². The van der Waals surface area contributed by atoms with Crippen molar-refractivity contribution in [2.45, 2.75) is 25.3 Å². The Balaban J connectivity index is 1.27. The van der Waals surface area contributed by atoms with E-state index in [1.54, 1.807) is 11.3 Å². The Kier molecular flexibility index (Phi) is 3.52. The molecule has 0 radical (unpaired) electrons. The summed E-state index contributed by atoms with van der Waals surface area (Å²) in [6.45, 7) is 0. The van der Waals surface area contributed by atoms with Crippen LogP contribution < -0.4 is 5.32 Å². The average molecular weight is 365 g/mol. The molecule has 3 aromatic heterocycles. The zero-order valence-electron chi connectivity index (χ0n) is 13.7. The van der Waals surface area contributed by atoms with Crippen molar-refractivity contribution in [3.8, 4) is 11.4 Å². The van der Waals surface area contributed by atoms with Crippen LogP contribution in [0.25, 0.3) is 16.3 Å². The fraction of sp³-hybridized carbons (Fsp3) is 0.235. The van der Waals surface area contributed by atoms with Gasteiger partial charge in [-0.15, -0.1) is 16.4 Å². The van der Waals surface area contributed by atoms with Crippen molar-refractivity contribution >= 4 is 27.9 Å². The fourth-order valence-electron chi connectivity index (χ4n) is 2.88. The van der Waals surface area contributed by atoms with Crippen LogP contribution in [0.1, 0.15) is 24.6 Å². The van der Waals surface area contributed by atoms with Crippen molar-refractivity contribution in [1.82, 2.24) is 29.6 Å². The molecule has 0 spiro atoms. The van der Waals surface area contributed by atoms with Crippen molar-refractivity contribution in [3.05, 3.63) is 47.7 Å². The number of fused-ring (bicyclic) bond motifs is 1. The fourth-order valence-corrected chi connectivity index (χ4v) is 3.60. The Morgan fingerprint density at radius 2 is 2.12 bits per heavy atom. The minimum absolute atomic E-state index is 0.0914. The van der Waals surface area contributed by atoms with E-state index in [9.17, 15) is 4.79 Å². The van der Waals surface area contributed by atoms with Crippen LogP contribution >= 0.6 is 11.3 Å². The van der Waals surface area contributed by atoms with Gasteiger partial charge in [0, 0.05) is 29.0 Å². The van der Waals surface area contributed by atoms with Crippen LogP contribution in [0.3, 0.4) is 0 Å². The molecule has 3 heterocycles. The maximum Gasteiger partial charge on any atom is 0.230 e. The second-order valence-electron chi connectivity index (χ2n) is 6.31. The summed E-state index contributed by atoms with van der Waals surface area (Å²) in [5, 5.41) is 16.8. The van der Waals surface area contributed by atoms with Crippen LogP contribution in [0.4, 0.5) is 5.69 Å². The topological polar surface area (TPSA) is 90.0 Å². The van der Waals surface area contributed by atoms with Gasteiger partial charge < -0.3 is 5.32 Å². The Morgan fingerprint density at radius 1 is 1.27 bits per heavy atom. The number of carbonyl (C=O) groups excluding carboxylic acids is 1. The third-order valence-electron chi connectivity index (χ3n) is 4.30. The number of thiazole rings is 1. The van der Waals surface area contributed by atoms with E-state index in [2.05, 4.69) is 25.8 Å². The number of anilines is 1. The third-order valence-corrected chi connectivity index (χ3v) is 5.07. The van der Waals surface area contributed by atoms with E-state index in [4.69, 9.17) is 0 Å². The summed E-state index contributed by atoms with van der Waals surface area (Å²) in [5.41, 5.74) is 2.44. The largest absolute Gasteiger partial charge is 0.326 e. The van der Waals surface area contributed by atoms with Gasteiger partial charge in [0.2, 0.25) is 5.91 Å². The molecule has 26 heavy (non-hydrogen) atoms. The van der Waals surface area contributed by atoms with Crippen LogP contribution in [0.5, 0.6) is 0 Å². The number of nitrogens with zero attached hydrogens (tertiary/aromatic N) is 6. The number of aromatic nitrogens is 6. The molecule has 9 heteroatoms. The number of tetrazole rings is 1. The average Bonchev–Trinajstić information content (AvgIpc) is 3.02. The minimum atomic E-state index is -0.0914. The summed E-state index contributed by atoms with van der Waals surface area (Å²) in [7, 11) is 0. The Hall–Kier alpha value is -3.07. The number of amides is 1. The summed E-state index contributed by atoms with van der Waals surface area (Å²) in [6, 6.07) is 8.00. The molecule has 1 N–H and O–H groups in total. The second kappa shape index (κ2) is 6.03. The van der Waals surface area contributed by atoms with Gasteiger partial charge in [-0.2, -0.15) is 0 Å². The molecule has 0 saturated heterocycles. The Morgan fingerprint density at radius 3 is 2.88 bits per heavy atom. The smallest absolute Gasteiger partial charge is 0.230 e. The molecule has 8 nitrogen and oxygen atoms in total. The zero-order chi connectivity index (χ0) is 17.5. The van der Waals surface area contributed by atoms with Crippen LogP contribution in [0, 0.1) is 0 Å². The molecule has 1 aromatic carbocycles. The molecule has 0 unspecified atom stereocenters. The minimum Gasteiger partial charge on any atom is -0.326 e. The van der Waals surface area contributed by atoms with E-state index < -0.39 is 0 Å². The van der Waals surface area contributed by atoms with E-state index >= 15 is 0 Å². The molecule has 5 rings (SSSR count). The molecule has 130 valence electrons. The SMILES string of the molecule is O=C(Cc1cn2ccsc2n1)Nc1ccc(-c2nnnn2C2CC2)cc1. The second-order valence-corrected chi connectivity index (χ2v) is 7.18. The molecule has 0 aliphatic heterocycles. The summed E-state index contributed by atoms with van der Waals surface area (Å²) >= 11 is 1.55. The number of rotatable bonds is 5. The summed E-state index contributed by atoms with van der Waals surface area (Å²) < 4.78 is 3.80. The number of carbonyl (C=O) groups is 1. The van der Waals surface area contributed by atoms with Gasteiger partial charge in [0.05, 0.1) is 18.2 Å². The lowest BCUT2D eigenvalue weighted by Crippen LogP contribution is -2.14. The zero-order valence-corrected chi connectivity index (χ0v) is 14.6. The first kappa shape index (κ1) is 15.2. The van der Waals surface area contributed by atoms with E-state index in [1.807, 2.05) is 51.1 Å². The monoisotopic (exact) mass is 365 g/mol. The molecule has 1 aliphatic carbocycles. The highest BCUT2D eigenvalue weighted by atomic mass is 32.1. The third kappa shape index (κ3) is 2.86. The van der Waals surface area contributed by atoms with Crippen LogP contribution in [-0.2, 0) is 11.2 Å². The quantitative estimate of drug-likeness (QED) is 0.587. The Labute approximate surface area is 152 Å². The van der Waals surface area contributed by atoms with Crippen molar-refractivity contribution in [1.29, 1.82) is 0 Å². The number of hydrogen-bond acceptors (Lipinski definition) is 6. The van der Waals surface area contributed by atoms with Gasteiger partial charge in [-0.1, -0.05) is 0 Å². The lowest BCUT2D eigenvalue weighted by atomic mass is 10.2. The predicted octanol–water partition coefficient (Wildman–Crippen LogP) is 2.57. The molecule has 4 aromatic rings. The molecule has 1 fully saturated rings. The molecule has 1 amide bonds. The van der Waals surface area contributed by atoms with E-state index in [0.29, 0.717) is 6.04 Å². The van der Waals surface area contributed by atoms with Gasteiger partial charge in [-0.25, -0.2) is 9.67 Å². The molecule has 1 aliphatic rings. The van der Waals surface area contributed by atoms with Crippen LogP contribution in [0.2, 0.25) is 0 Å². The Bertz CT molecular complexity index is 1050. The normalized spacial score (nSPS) is 14.0. The van der Waals surface area contributed by atoms with Gasteiger partial charge >= 0.3 is 0 Å². The molecular formula is C17H15N7OS. The van der Waals surface area contributed by atoms with E-state index in [-0.39, 0.29) is 12.3 Å². The lowest BCUT2D eigenvalue weighted by Gasteiger charge is -2.06. The van der Waals surface area contributed by atoms with Crippen LogP contribution in [-0.4, -0.2) is 35.5 Å². The highest BCUT2D eigenvalue weighted by Gasteiger charge is 2.28. The van der Waals surface area contributed by atoms with Crippen LogP contribution in [0.15, 0.2) is 42.0 Å². The standard InChI is InChI=1S/C17H15N7OS/c25-15(9-13-10-23-7-8-26-17(23)19-13)18-12-3-1-11(2-4-12)16-20-21-22-24(16)14-5-6-14/h1-4,7-8,10,14H,5-6,9H2,(H,18,25). The van der Waals surface area contributed by atoms with E-state index in [0.717, 1.165) is 40.6 Å². The number of imidazole rings is 1. The predicted molar refractivity (Wildman–Crippen MR) is 96.9 cm³/mol. The molecule has 0 atom stereocenters. The number of nitrogens with one attached hydrogen (secondary N) is 1. The summed E-state index contributed by atoms with van der Waals surface area (Å²) in [4.78, 5) is 17.6. The van der Waals surface area contributed by atoms with Crippen molar-refractivity contribution in [2.24, 2.45) is 0 Å². The molecule has 1 saturated carbocycles. The summed E-state index contributed by atoms with van der Waals surface area (Å²) in [6.07, 6.45) is 6.31. The van der Waals surface area contributed by atoms with Gasteiger partial charge in [0.15, 0.2) is 10.8 Å². The van der Waals surface area contributed by atoms with Gasteiger partial charge in [-0.3, -0.25) is 9.20 Å². The highest BCUT2D eigenvalue weighted by Crippen LogP contribution is 2.36.